The third-order valence-corrected chi connectivity index (χ3v) is 3.45. The fourth-order valence-corrected chi connectivity index (χ4v) is 2.57. The monoisotopic (exact) mass is 200 g/mol. The highest BCUT2D eigenvalue weighted by Gasteiger charge is 2.24. The van der Waals surface area contributed by atoms with Crippen LogP contribution in [0.25, 0.3) is 0 Å². The number of hydrogen-bond acceptors (Lipinski definition) is 5. The summed E-state index contributed by atoms with van der Waals surface area (Å²) in [6.07, 6.45) is 5.34. The van der Waals surface area contributed by atoms with Gasteiger partial charge in [-0.2, -0.15) is 5.10 Å². The molecular formula is C8H16N4S. The fraction of sp³-hybridized carbons (Fsp3) is 0.875. The Morgan fingerprint density at radius 2 is 2.00 bits per heavy atom. The molecule has 1 saturated heterocycles. The number of thioether (sulfide) groups is 1. The molecule has 2 aliphatic heterocycles. The van der Waals surface area contributed by atoms with E-state index in [1.807, 2.05) is 0 Å². The molecule has 74 valence electrons. The van der Waals surface area contributed by atoms with Gasteiger partial charge in [0.1, 0.15) is 0 Å². The number of nitrogens with one attached hydrogen (secondary N) is 1. The second kappa shape index (κ2) is 4.19. The zero-order valence-electron chi connectivity index (χ0n) is 7.70. The third kappa shape index (κ3) is 2.28. The molecule has 4 nitrogen and oxygen atoms in total. The lowest BCUT2D eigenvalue weighted by Gasteiger charge is -2.25. The highest BCUT2D eigenvalue weighted by Crippen LogP contribution is 2.21. The quantitative estimate of drug-likeness (QED) is 0.654. The number of hydrogen-bond donors (Lipinski definition) is 2. The van der Waals surface area contributed by atoms with Gasteiger partial charge in [-0.05, 0) is 24.6 Å². The van der Waals surface area contributed by atoms with Gasteiger partial charge in [-0.3, -0.25) is 10.3 Å². The number of amidine groups is 1. The molecule has 0 aromatic carbocycles. The lowest BCUT2D eigenvalue weighted by molar-refractivity contribution is 0.242. The zero-order valence-corrected chi connectivity index (χ0v) is 8.52. The first-order chi connectivity index (χ1) is 6.36. The molecule has 3 N–H and O–H groups in total. The molecule has 1 unspecified atom stereocenters. The van der Waals surface area contributed by atoms with Gasteiger partial charge in [-0.25, -0.2) is 0 Å². The summed E-state index contributed by atoms with van der Waals surface area (Å²) in [5.41, 5.74) is 8.94. The Morgan fingerprint density at radius 3 is 2.54 bits per heavy atom. The number of likely N-dealkylation sites (tertiary alicyclic amines) is 1. The van der Waals surface area contributed by atoms with Crippen molar-refractivity contribution in [2.75, 3.05) is 13.1 Å². The predicted octanol–water partition coefficient (Wildman–Crippen LogP) is 0.712. The maximum atomic E-state index is 5.59. The van der Waals surface area contributed by atoms with Crippen molar-refractivity contribution in [3.05, 3.63) is 0 Å². The minimum atomic E-state index is 0.290. The van der Waals surface area contributed by atoms with Crippen molar-refractivity contribution in [3.8, 4) is 0 Å². The maximum absolute atomic E-state index is 5.59. The van der Waals surface area contributed by atoms with Crippen LogP contribution in [0.3, 0.4) is 0 Å². The molecule has 0 aromatic rings. The van der Waals surface area contributed by atoms with Crippen molar-refractivity contribution in [1.82, 2.24) is 10.3 Å². The first kappa shape index (κ1) is 9.15. The van der Waals surface area contributed by atoms with Gasteiger partial charge in [0.2, 0.25) is 0 Å². The molecule has 2 aliphatic rings. The van der Waals surface area contributed by atoms with E-state index in [-0.39, 0.29) is 5.50 Å². The van der Waals surface area contributed by atoms with Crippen LogP contribution in [0.4, 0.5) is 0 Å². The van der Waals surface area contributed by atoms with Crippen LogP contribution >= 0.6 is 11.8 Å². The van der Waals surface area contributed by atoms with Crippen LogP contribution in [0.2, 0.25) is 0 Å². The van der Waals surface area contributed by atoms with Gasteiger partial charge < -0.3 is 5.73 Å². The standard InChI is InChI=1S/C8H16N4S/c9-7-10-11-8(13-7)12-5-3-1-2-4-6-12/h8,11H,1-6H2,(H2,9,10). The third-order valence-electron chi connectivity index (χ3n) is 2.49. The topological polar surface area (TPSA) is 53.6 Å². The molecule has 0 aromatic heterocycles. The van der Waals surface area contributed by atoms with Gasteiger partial charge in [0.25, 0.3) is 0 Å². The summed E-state index contributed by atoms with van der Waals surface area (Å²) < 4.78 is 0. The Hall–Kier alpha value is -0.420. The molecule has 0 bridgehead atoms. The first-order valence-electron chi connectivity index (χ1n) is 4.86. The molecule has 2 heterocycles. The van der Waals surface area contributed by atoms with E-state index in [0.29, 0.717) is 5.17 Å². The van der Waals surface area contributed by atoms with Crippen LogP contribution in [0.15, 0.2) is 5.10 Å². The summed E-state index contributed by atoms with van der Waals surface area (Å²) in [6.45, 7) is 2.35. The Kier molecular flexibility index (Phi) is 2.95. The van der Waals surface area contributed by atoms with E-state index in [9.17, 15) is 0 Å². The minimum absolute atomic E-state index is 0.290. The lowest BCUT2D eigenvalue weighted by atomic mass is 10.2. The largest absolute Gasteiger partial charge is 0.377 e. The summed E-state index contributed by atoms with van der Waals surface area (Å²) in [6, 6.07) is 0. The first-order valence-corrected chi connectivity index (χ1v) is 5.73. The van der Waals surface area contributed by atoms with Crippen molar-refractivity contribution < 1.29 is 0 Å². The second-order valence-corrected chi connectivity index (χ2v) is 4.60. The van der Waals surface area contributed by atoms with Crippen LogP contribution in [0.5, 0.6) is 0 Å². The van der Waals surface area contributed by atoms with Gasteiger partial charge in [0.15, 0.2) is 10.7 Å². The Balaban J connectivity index is 1.85. The van der Waals surface area contributed by atoms with Crippen molar-refractivity contribution in [3.63, 3.8) is 0 Å². The second-order valence-electron chi connectivity index (χ2n) is 3.50. The molecule has 2 rings (SSSR count). The smallest absolute Gasteiger partial charge is 0.181 e. The summed E-state index contributed by atoms with van der Waals surface area (Å²) in [5, 5.41) is 4.65. The van der Waals surface area contributed by atoms with Crippen LogP contribution in [0, 0.1) is 0 Å². The Morgan fingerprint density at radius 1 is 1.31 bits per heavy atom. The van der Waals surface area contributed by atoms with E-state index in [1.165, 1.54) is 38.8 Å². The summed E-state index contributed by atoms with van der Waals surface area (Å²) in [7, 11) is 0. The average Bonchev–Trinajstić information content (AvgIpc) is 2.43. The highest BCUT2D eigenvalue weighted by atomic mass is 32.2. The molecule has 0 saturated carbocycles. The molecule has 0 radical (unpaired) electrons. The molecule has 0 aliphatic carbocycles. The fourth-order valence-electron chi connectivity index (χ4n) is 1.77. The van der Waals surface area contributed by atoms with Crippen LogP contribution < -0.4 is 11.2 Å². The van der Waals surface area contributed by atoms with E-state index in [1.54, 1.807) is 11.8 Å². The Labute approximate surface area is 82.9 Å². The SMILES string of the molecule is NC1=NNC(N2CCCCCC2)S1. The molecule has 13 heavy (non-hydrogen) atoms. The maximum Gasteiger partial charge on any atom is 0.181 e. The van der Waals surface area contributed by atoms with E-state index in [0.717, 1.165) is 0 Å². The molecule has 5 heteroatoms. The van der Waals surface area contributed by atoms with Crippen molar-refractivity contribution in [2.24, 2.45) is 10.8 Å². The van der Waals surface area contributed by atoms with E-state index >= 15 is 0 Å². The number of nitrogens with two attached hydrogens (primary N) is 1. The average molecular weight is 200 g/mol. The molecule has 0 amide bonds. The summed E-state index contributed by atoms with van der Waals surface area (Å²) in [4.78, 5) is 2.43. The van der Waals surface area contributed by atoms with Gasteiger partial charge >= 0.3 is 0 Å². The van der Waals surface area contributed by atoms with Gasteiger partial charge in [-0.15, -0.1) is 0 Å². The minimum Gasteiger partial charge on any atom is -0.377 e. The predicted molar refractivity (Wildman–Crippen MR) is 56.2 cm³/mol. The van der Waals surface area contributed by atoms with Crippen LogP contribution in [0.1, 0.15) is 25.7 Å². The number of hydrazone groups is 1. The Bertz CT molecular complexity index is 198. The summed E-state index contributed by atoms with van der Waals surface area (Å²) >= 11 is 1.62. The molecular weight excluding hydrogens is 184 g/mol. The normalized spacial score (nSPS) is 30.8. The van der Waals surface area contributed by atoms with Crippen LogP contribution in [-0.2, 0) is 0 Å². The summed E-state index contributed by atoms with van der Waals surface area (Å²) in [5.74, 6) is 0. The van der Waals surface area contributed by atoms with Gasteiger partial charge in [-0.1, -0.05) is 12.8 Å². The number of rotatable bonds is 1. The van der Waals surface area contributed by atoms with Crippen molar-refractivity contribution in [1.29, 1.82) is 0 Å². The van der Waals surface area contributed by atoms with E-state index in [2.05, 4.69) is 15.4 Å². The van der Waals surface area contributed by atoms with Crippen LogP contribution in [-0.4, -0.2) is 28.7 Å². The van der Waals surface area contributed by atoms with Crippen molar-refractivity contribution >= 4 is 16.9 Å². The van der Waals surface area contributed by atoms with E-state index in [4.69, 9.17) is 5.73 Å². The highest BCUT2D eigenvalue weighted by molar-refractivity contribution is 8.14. The van der Waals surface area contributed by atoms with Gasteiger partial charge in [0, 0.05) is 13.1 Å². The van der Waals surface area contributed by atoms with E-state index < -0.39 is 0 Å². The lowest BCUT2D eigenvalue weighted by Crippen LogP contribution is -2.39. The zero-order chi connectivity index (χ0) is 9.10. The molecule has 1 fully saturated rings. The molecule has 0 spiro atoms. The van der Waals surface area contributed by atoms with Gasteiger partial charge in [0.05, 0.1) is 0 Å². The van der Waals surface area contributed by atoms with Crippen molar-refractivity contribution in [2.45, 2.75) is 31.2 Å². The number of nitrogens with zero attached hydrogens (tertiary/aromatic N) is 2. The molecule has 1 atom stereocenters.